The number of carbonyl (C=O) groups is 1. The third kappa shape index (κ3) is 2.69. The smallest absolute Gasteiger partial charge is 0.254 e. The van der Waals surface area contributed by atoms with Crippen LogP contribution in [0, 0.1) is 6.92 Å². The second kappa shape index (κ2) is 5.36. The van der Waals surface area contributed by atoms with Crippen LogP contribution >= 0.6 is 0 Å². The Morgan fingerprint density at radius 2 is 2.18 bits per heavy atom. The van der Waals surface area contributed by atoms with E-state index in [0.29, 0.717) is 11.4 Å². The summed E-state index contributed by atoms with van der Waals surface area (Å²) in [5.74, 6) is -0.432. The molecule has 0 aliphatic carbocycles. The molecule has 2 heterocycles. The number of nitrogens with one attached hydrogen (secondary N) is 2. The molecule has 7 heteroatoms. The summed E-state index contributed by atoms with van der Waals surface area (Å²) in [5, 5.41) is 19.8. The van der Waals surface area contributed by atoms with Gasteiger partial charge in [-0.15, -0.1) is 0 Å². The first-order valence-electron chi connectivity index (χ1n) is 6.66. The topological polar surface area (TPSA) is 100 Å². The van der Waals surface area contributed by atoms with Crippen LogP contribution in [0.5, 0.6) is 5.75 Å². The predicted octanol–water partition coefficient (Wildman–Crippen LogP) is 1.38. The quantitative estimate of drug-likeness (QED) is 0.680. The van der Waals surface area contributed by atoms with Crippen LogP contribution in [0.2, 0.25) is 0 Å². The molecule has 0 atom stereocenters. The number of nitrogens with zero attached hydrogens (tertiary/aromatic N) is 2. The number of anilines is 1. The third-order valence-electron chi connectivity index (χ3n) is 3.35. The molecule has 1 aromatic carbocycles. The minimum absolute atomic E-state index is 0.108. The first-order valence-corrected chi connectivity index (χ1v) is 6.66. The molecule has 3 rings (SSSR count). The number of amides is 1. The second-order valence-electron chi connectivity index (χ2n) is 5.00. The van der Waals surface area contributed by atoms with Gasteiger partial charge in [0.05, 0.1) is 11.7 Å². The molecule has 0 fully saturated rings. The lowest BCUT2D eigenvalue weighted by Crippen LogP contribution is -2.28. The van der Waals surface area contributed by atoms with E-state index in [1.54, 1.807) is 25.3 Å². The first-order chi connectivity index (χ1) is 10.5. The molecular weight excluding hydrogens is 284 g/mol. The van der Waals surface area contributed by atoms with Gasteiger partial charge in [0.1, 0.15) is 12.3 Å². The summed E-state index contributed by atoms with van der Waals surface area (Å²) in [7, 11) is 0. The number of fused-ring (bicyclic) bond motifs is 1. The van der Waals surface area contributed by atoms with Gasteiger partial charge in [0.25, 0.3) is 5.56 Å². The van der Waals surface area contributed by atoms with Crippen LogP contribution in [0.15, 0.2) is 41.3 Å². The van der Waals surface area contributed by atoms with Gasteiger partial charge < -0.3 is 15.0 Å². The van der Waals surface area contributed by atoms with E-state index in [9.17, 15) is 14.7 Å². The summed E-state index contributed by atoms with van der Waals surface area (Å²) >= 11 is 0. The number of H-pyrrole nitrogens is 1. The molecule has 7 nitrogen and oxygen atoms in total. The van der Waals surface area contributed by atoms with E-state index < -0.39 is 5.56 Å². The van der Waals surface area contributed by atoms with Gasteiger partial charge in [0, 0.05) is 22.8 Å². The van der Waals surface area contributed by atoms with Crippen molar-refractivity contribution in [2.75, 3.05) is 5.32 Å². The number of benzene rings is 1. The minimum Gasteiger partial charge on any atom is -0.508 e. The van der Waals surface area contributed by atoms with Crippen molar-refractivity contribution < 1.29 is 9.90 Å². The second-order valence-corrected chi connectivity index (χ2v) is 5.00. The Hall–Kier alpha value is -3.09. The molecule has 0 saturated heterocycles. The molecule has 0 aliphatic rings. The standard InChI is InChI=1S/C15H14N4O3/c1-9-4-12(20)6-15(22)19(9)8-14(21)17-11-3-2-10-7-16-18-13(10)5-11/h2-7,20H,8H2,1H3,(H,16,18)(H,17,21). The fraction of sp³-hybridized carbons (Fsp3) is 0.133. The van der Waals surface area contributed by atoms with Crippen LogP contribution in [-0.4, -0.2) is 25.8 Å². The summed E-state index contributed by atoms with van der Waals surface area (Å²) in [6.45, 7) is 1.54. The molecule has 0 bridgehead atoms. The zero-order chi connectivity index (χ0) is 15.7. The number of aryl methyl sites for hydroxylation is 1. The average Bonchev–Trinajstić information content (AvgIpc) is 2.90. The van der Waals surface area contributed by atoms with Crippen LogP contribution in [0.4, 0.5) is 5.69 Å². The van der Waals surface area contributed by atoms with E-state index in [4.69, 9.17) is 0 Å². The summed E-state index contributed by atoms with van der Waals surface area (Å²) in [6.07, 6.45) is 1.69. The maximum atomic E-state index is 12.1. The molecule has 0 unspecified atom stereocenters. The summed E-state index contributed by atoms with van der Waals surface area (Å²) < 4.78 is 1.30. The van der Waals surface area contributed by atoms with Gasteiger partial charge >= 0.3 is 0 Å². The molecule has 1 amide bonds. The van der Waals surface area contributed by atoms with E-state index >= 15 is 0 Å². The lowest BCUT2D eigenvalue weighted by molar-refractivity contribution is -0.116. The molecule has 112 valence electrons. The number of carbonyl (C=O) groups excluding carboxylic acids is 1. The number of aromatic hydroxyl groups is 1. The number of aromatic nitrogens is 3. The van der Waals surface area contributed by atoms with Crippen molar-refractivity contribution in [3.8, 4) is 5.75 Å². The lowest BCUT2D eigenvalue weighted by Gasteiger charge is -2.10. The van der Waals surface area contributed by atoms with Crippen molar-refractivity contribution in [2.45, 2.75) is 13.5 Å². The van der Waals surface area contributed by atoms with Gasteiger partial charge in [0.15, 0.2) is 0 Å². The van der Waals surface area contributed by atoms with E-state index in [1.165, 1.54) is 10.6 Å². The van der Waals surface area contributed by atoms with Crippen molar-refractivity contribution in [1.82, 2.24) is 14.8 Å². The normalized spacial score (nSPS) is 10.8. The van der Waals surface area contributed by atoms with Crippen molar-refractivity contribution in [2.24, 2.45) is 0 Å². The lowest BCUT2D eigenvalue weighted by atomic mass is 10.2. The van der Waals surface area contributed by atoms with Crippen molar-refractivity contribution >= 4 is 22.5 Å². The van der Waals surface area contributed by atoms with Crippen LogP contribution in [-0.2, 0) is 11.3 Å². The Labute approximate surface area is 125 Å². The molecule has 0 aliphatic heterocycles. The van der Waals surface area contributed by atoms with E-state index in [0.717, 1.165) is 17.0 Å². The average molecular weight is 298 g/mol. The van der Waals surface area contributed by atoms with Gasteiger partial charge in [-0.2, -0.15) is 5.10 Å². The zero-order valence-electron chi connectivity index (χ0n) is 11.8. The Balaban J connectivity index is 1.79. The fourth-order valence-electron chi connectivity index (χ4n) is 2.27. The van der Waals surface area contributed by atoms with Crippen molar-refractivity contribution in [3.05, 3.63) is 52.6 Å². The fourth-order valence-corrected chi connectivity index (χ4v) is 2.27. The third-order valence-corrected chi connectivity index (χ3v) is 3.35. The van der Waals surface area contributed by atoms with Gasteiger partial charge in [-0.05, 0) is 31.2 Å². The molecule has 22 heavy (non-hydrogen) atoms. The maximum absolute atomic E-state index is 12.1. The van der Waals surface area contributed by atoms with Crippen molar-refractivity contribution in [3.63, 3.8) is 0 Å². The van der Waals surface area contributed by atoms with Gasteiger partial charge in [-0.1, -0.05) is 0 Å². The molecule has 0 radical (unpaired) electrons. The minimum atomic E-state index is -0.420. The summed E-state index contributed by atoms with van der Waals surface area (Å²) in [4.78, 5) is 23.9. The predicted molar refractivity (Wildman–Crippen MR) is 81.8 cm³/mol. The van der Waals surface area contributed by atoms with Gasteiger partial charge in [0.2, 0.25) is 5.91 Å². The Bertz CT molecular complexity index is 911. The number of pyridine rings is 1. The molecule has 0 saturated carbocycles. The van der Waals surface area contributed by atoms with Crippen LogP contribution < -0.4 is 10.9 Å². The highest BCUT2D eigenvalue weighted by atomic mass is 16.3. The maximum Gasteiger partial charge on any atom is 0.254 e. The summed E-state index contributed by atoms with van der Waals surface area (Å²) in [6, 6.07) is 7.89. The van der Waals surface area contributed by atoms with Gasteiger partial charge in [-0.25, -0.2) is 0 Å². The Kier molecular flexibility index (Phi) is 3.38. The van der Waals surface area contributed by atoms with Gasteiger partial charge in [-0.3, -0.25) is 14.7 Å². The highest BCUT2D eigenvalue weighted by Gasteiger charge is 2.09. The van der Waals surface area contributed by atoms with E-state index in [-0.39, 0.29) is 18.2 Å². The van der Waals surface area contributed by atoms with E-state index in [2.05, 4.69) is 15.5 Å². The number of aromatic amines is 1. The monoisotopic (exact) mass is 298 g/mol. The van der Waals surface area contributed by atoms with Crippen LogP contribution in [0.3, 0.4) is 0 Å². The zero-order valence-corrected chi connectivity index (χ0v) is 11.8. The number of hydrogen-bond acceptors (Lipinski definition) is 4. The molecule has 2 aromatic heterocycles. The first kappa shape index (κ1) is 13.9. The largest absolute Gasteiger partial charge is 0.508 e. The number of hydrogen-bond donors (Lipinski definition) is 3. The van der Waals surface area contributed by atoms with Crippen LogP contribution in [0.25, 0.3) is 10.9 Å². The molecule has 0 spiro atoms. The number of rotatable bonds is 3. The molecular formula is C15H14N4O3. The Morgan fingerprint density at radius 3 is 2.95 bits per heavy atom. The van der Waals surface area contributed by atoms with E-state index in [1.807, 2.05) is 6.07 Å². The Morgan fingerprint density at radius 1 is 1.36 bits per heavy atom. The van der Waals surface area contributed by atoms with Crippen LogP contribution in [0.1, 0.15) is 5.69 Å². The highest BCUT2D eigenvalue weighted by Crippen LogP contribution is 2.16. The molecule has 3 aromatic rings. The molecule has 3 N–H and O–H groups in total. The SMILES string of the molecule is Cc1cc(O)cc(=O)n1CC(=O)Nc1ccc2cn[nH]c2c1. The highest BCUT2D eigenvalue weighted by molar-refractivity contribution is 5.93. The van der Waals surface area contributed by atoms with Crippen molar-refractivity contribution in [1.29, 1.82) is 0 Å². The summed E-state index contributed by atoms with van der Waals surface area (Å²) in [5.41, 5.74) is 1.53.